The predicted molar refractivity (Wildman–Crippen MR) is 68.8 cm³/mol. The highest BCUT2D eigenvalue weighted by Crippen LogP contribution is 2.20. The summed E-state index contributed by atoms with van der Waals surface area (Å²) in [6.45, 7) is 15.5. The molecule has 1 atom stereocenters. The fraction of sp³-hybridized carbons (Fsp3) is 0.857. The van der Waals surface area contributed by atoms with E-state index in [1.807, 2.05) is 0 Å². The Morgan fingerprint density at radius 3 is 2.07 bits per heavy atom. The molecule has 0 aromatic rings. The molecule has 0 bridgehead atoms. The van der Waals surface area contributed by atoms with Crippen molar-refractivity contribution in [3.63, 3.8) is 0 Å². The van der Waals surface area contributed by atoms with Crippen molar-refractivity contribution < 1.29 is 0 Å². The number of rotatable bonds is 5. The van der Waals surface area contributed by atoms with Crippen LogP contribution in [0, 0.1) is 23.7 Å². The summed E-state index contributed by atoms with van der Waals surface area (Å²) in [7, 11) is 0. The van der Waals surface area contributed by atoms with Gasteiger partial charge < -0.3 is 0 Å². The van der Waals surface area contributed by atoms with Crippen molar-refractivity contribution in [2.75, 3.05) is 13.1 Å². The van der Waals surface area contributed by atoms with Gasteiger partial charge in [0.15, 0.2) is 0 Å². The molecule has 0 aliphatic heterocycles. The zero-order chi connectivity index (χ0) is 12.1. The van der Waals surface area contributed by atoms with Gasteiger partial charge in [0.05, 0.1) is 6.54 Å². The van der Waals surface area contributed by atoms with Gasteiger partial charge in [-0.15, -0.1) is 6.42 Å². The van der Waals surface area contributed by atoms with Crippen LogP contribution in [0.2, 0.25) is 0 Å². The van der Waals surface area contributed by atoms with E-state index in [4.69, 9.17) is 6.42 Å². The van der Waals surface area contributed by atoms with E-state index < -0.39 is 0 Å². The lowest BCUT2D eigenvalue weighted by Gasteiger charge is -2.32. The second kappa shape index (κ2) is 6.18. The topological polar surface area (TPSA) is 3.24 Å². The van der Waals surface area contributed by atoms with Crippen molar-refractivity contribution in [3.8, 4) is 12.3 Å². The van der Waals surface area contributed by atoms with Crippen LogP contribution in [0.5, 0.6) is 0 Å². The van der Waals surface area contributed by atoms with Gasteiger partial charge in [-0.2, -0.15) is 0 Å². The third-order valence-corrected chi connectivity index (χ3v) is 2.98. The van der Waals surface area contributed by atoms with E-state index in [9.17, 15) is 0 Å². The van der Waals surface area contributed by atoms with Crippen molar-refractivity contribution in [1.29, 1.82) is 0 Å². The first-order valence-corrected chi connectivity index (χ1v) is 5.95. The molecule has 88 valence electrons. The van der Waals surface area contributed by atoms with Gasteiger partial charge in [0.1, 0.15) is 0 Å². The fourth-order valence-electron chi connectivity index (χ4n) is 1.44. The van der Waals surface area contributed by atoms with E-state index in [0.717, 1.165) is 13.1 Å². The molecule has 0 fully saturated rings. The van der Waals surface area contributed by atoms with Crippen molar-refractivity contribution in [2.24, 2.45) is 11.3 Å². The number of nitrogens with zero attached hydrogens (tertiary/aromatic N) is 1. The molecule has 0 spiro atoms. The zero-order valence-electron chi connectivity index (χ0n) is 11.3. The van der Waals surface area contributed by atoms with Crippen LogP contribution in [0.25, 0.3) is 0 Å². The summed E-state index contributed by atoms with van der Waals surface area (Å²) in [6, 6.07) is 0.573. The molecular weight excluding hydrogens is 182 g/mol. The quantitative estimate of drug-likeness (QED) is 0.627. The molecule has 0 aliphatic rings. The summed E-state index contributed by atoms with van der Waals surface area (Å²) in [4.78, 5) is 2.41. The second-order valence-electron chi connectivity index (χ2n) is 5.97. The maximum atomic E-state index is 5.42. The Balaban J connectivity index is 4.23. The van der Waals surface area contributed by atoms with E-state index in [0.29, 0.717) is 17.4 Å². The molecule has 1 heteroatoms. The van der Waals surface area contributed by atoms with Gasteiger partial charge in [0.2, 0.25) is 0 Å². The molecular formula is C14H27N. The highest BCUT2D eigenvalue weighted by Gasteiger charge is 2.18. The van der Waals surface area contributed by atoms with Crippen LogP contribution in [0.1, 0.15) is 48.0 Å². The van der Waals surface area contributed by atoms with Gasteiger partial charge in [-0.1, -0.05) is 40.5 Å². The molecule has 0 amide bonds. The fourth-order valence-corrected chi connectivity index (χ4v) is 1.44. The van der Waals surface area contributed by atoms with Crippen LogP contribution < -0.4 is 0 Å². The van der Waals surface area contributed by atoms with Crippen LogP contribution in [-0.4, -0.2) is 24.0 Å². The van der Waals surface area contributed by atoms with Crippen LogP contribution in [0.4, 0.5) is 0 Å². The third-order valence-electron chi connectivity index (χ3n) is 2.98. The lowest BCUT2D eigenvalue weighted by molar-refractivity contribution is 0.165. The Morgan fingerprint density at radius 1 is 1.20 bits per heavy atom. The maximum absolute atomic E-state index is 5.42. The Labute approximate surface area is 96.2 Å². The van der Waals surface area contributed by atoms with Crippen molar-refractivity contribution in [3.05, 3.63) is 0 Å². The maximum Gasteiger partial charge on any atom is 0.0601 e. The monoisotopic (exact) mass is 209 g/mol. The predicted octanol–water partition coefficient (Wildman–Crippen LogP) is 3.40. The lowest BCUT2D eigenvalue weighted by atomic mass is 9.91. The summed E-state index contributed by atoms with van der Waals surface area (Å²) in [5, 5.41) is 0. The van der Waals surface area contributed by atoms with Gasteiger partial charge in [-0.25, -0.2) is 0 Å². The molecule has 0 saturated carbocycles. The second-order valence-corrected chi connectivity index (χ2v) is 5.97. The van der Waals surface area contributed by atoms with Gasteiger partial charge in [0.25, 0.3) is 0 Å². The summed E-state index contributed by atoms with van der Waals surface area (Å²) >= 11 is 0. The first kappa shape index (κ1) is 14.5. The van der Waals surface area contributed by atoms with E-state index in [2.05, 4.69) is 52.4 Å². The first-order valence-electron chi connectivity index (χ1n) is 5.95. The molecule has 1 unspecified atom stereocenters. The number of hydrogen-bond acceptors (Lipinski definition) is 1. The minimum Gasteiger partial charge on any atom is -0.289 e. The molecule has 0 rings (SSSR count). The average Bonchev–Trinajstić information content (AvgIpc) is 2.09. The average molecular weight is 209 g/mol. The molecule has 0 aliphatic carbocycles. The normalized spacial score (nSPS) is 14.3. The highest BCUT2D eigenvalue weighted by atomic mass is 15.1. The Morgan fingerprint density at radius 2 is 1.73 bits per heavy atom. The largest absolute Gasteiger partial charge is 0.289 e. The van der Waals surface area contributed by atoms with Crippen LogP contribution >= 0.6 is 0 Å². The minimum atomic E-state index is 0.392. The van der Waals surface area contributed by atoms with E-state index in [1.54, 1.807) is 0 Å². The molecule has 0 aromatic heterocycles. The molecule has 0 heterocycles. The smallest absolute Gasteiger partial charge is 0.0601 e. The van der Waals surface area contributed by atoms with Crippen molar-refractivity contribution >= 4 is 0 Å². The van der Waals surface area contributed by atoms with Crippen LogP contribution in [0.3, 0.4) is 0 Å². The Bertz CT molecular complexity index is 204. The molecule has 15 heavy (non-hydrogen) atoms. The standard InChI is InChI=1S/C14H27N/c1-8-10-15(13(4)12(2)3)11-9-14(5,6)7/h1,12-13H,9-11H2,2-7H3. The Hall–Kier alpha value is -0.480. The van der Waals surface area contributed by atoms with Crippen molar-refractivity contribution in [1.82, 2.24) is 4.90 Å². The van der Waals surface area contributed by atoms with Gasteiger partial charge in [-0.3, -0.25) is 4.90 Å². The summed E-state index contributed by atoms with van der Waals surface area (Å²) < 4.78 is 0. The summed E-state index contributed by atoms with van der Waals surface area (Å²) in [5.41, 5.74) is 0.392. The van der Waals surface area contributed by atoms with E-state index >= 15 is 0 Å². The van der Waals surface area contributed by atoms with Gasteiger partial charge in [0, 0.05) is 6.04 Å². The minimum absolute atomic E-state index is 0.392. The van der Waals surface area contributed by atoms with Gasteiger partial charge >= 0.3 is 0 Å². The third kappa shape index (κ3) is 6.57. The van der Waals surface area contributed by atoms with Crippen molar-refractivity contribution in [2.45, 2.75) is 54.0 Å². The highest BCUT2D eigenvalue weighted by molar-refractivity contribution is 4.90. The number of hydrogen-bond donors (Lipinski definition) is 0. The van der Waals surface area contributed by atoms with E-state index in [-0.39, 0.29) is 0 Å². The lowest BCUT2D eigenvalue weighted by Crippen LogP contribution is -2.38. The molecule has 0 aromatic carbocycles. The first-order chi connectivity index (χ1) is 6.78. The summed E-state index contributed by atoms with van der Waals surface area (Å²) in [5.74, 6) is 3.43. The van der Waals surface area contributed by atoms with Gasteiger partial charge in [-0.05, 0) is 31.2 Å². The summed E-state index contributed by atoms with van der Waals surface area (Å²) in [6.07, 6.45) is 6.62. The molecule has 0 N–H and O–H groups in total. The van der Waals surface area contributed by atoms with E-state index in [1.165, 1.54) is 6.42 Å². The van der Waals surface area contributed by atoms with Crippen LogP contribution in [-0.2, 0) is 0 Å². The molecule has 1 nitrogen and oxygen atoms in total. The SMILES string of the molecule is C#CCN(CCC(C)(C)C)C(C)C(C)C. The zero-order valence-corrected chi connectivity index (χ0v) is 11.3. The number of terminal acetylenes is 1. The molecule has 0 radical (unpaired) electrons. The van der Waals surface area contributed by atoms with Crippen LogP contribution in [0.15, 0.2) is 0 Å². The molecule has 0 saturated heterocycles. The Kier molecular flexibility index (Phi) is 5.98.